The fourth-order valence-electron chi connectivity index (χ4n) is 1.18. The van der Waals surface area contributed by atoms with Crippen LogP contribution in [0.5, 0.6) is 0 Å². The molecule has 0 spiro atoms. The highest BCUT2D eigenvalue weighted by Gasteiger charge is 2.00. The van der Waals surface area contributed by atoms with E-state index >= 15 is 0 Å². The van der Waals surface area contributed by atoms with E-state index in [0.717, 1.165) is 18.7 Å². The van der Waals surface area contributed by atoms with Crippen LogP contribution in [0.15, 0.2) is 18.2 Å². The summed E-state index contributed by atoms with van der Waals surface area (Å²) in [7, 11) is 0. The predicted molar refractivity (Wildman–Crippen MR) is 62.9 cm³/mol. The van der Waals surface area contributed by atoms with E-state index < -0.39 is 0 Å². The molecule has 1 aromatic carbocycles. The zero-order chi connectivity index (χ0) is 8.97. The summed E-state index contributed by atoms with van der Waals surface area (Å²) >= 11 is 8.01. The number of halogens is 2. The molecule has 0 saturated carbocycles. The first kappa shape index (κ1) is 10.3. The first-order chi connectivity index (χ1) is 5.75. The summed E-state index contributed by atoms with van der Waals surface area (Å²) in [6.07, 6.45) is 2.18. The van der Waals surface area contributed by atoms with Gasteiger partial charge >= 0.3 is 0 Å². The molecule has 0 N–H and O–H groups in total. The third kappa shape index (κ3) is 2.63. The smallest absolute Gasteiger partial charge is 0.0226 e. The summed E-state index contributed by atoms with van der Waals surface area (Å²) < 4.78 is 1.35. The largest absolute Gasteiger partial charge is 0.127 e. The van der Waals surface area contributed by atoms with Gasteiger partial charge in [-0.2, -0.15) is 0 Å². The fourth-order valence-corrected chi connectivity index (χ4v) is 1.87. The van der Waals surface area contributed by atoms with Crippen LogP contribution < -0.4 is 0 Å². The number of rotatable bonds is 3. The zero-order valence-electron chi connectivity index (χ0n) is 7.11. The Morgan fingerprint density at radius 3 is 2.83 bits per heavy atom. The van der Waals surface area contributed by atoms with Crippen LogP contribution in [0.1, 0.15) is 17.5 Å². The zero-order valence-corrected chi connectivity index (χ0v) is 10.0. The van der Waals surface area contributed by atoms with Crippen molar-refractivity contribution in [2.45, 2.75) is 19.8 Å². The highest BCUT2D eigenvalue weighted by Crippen LogP contribution is 2.17. The molecule has 12 heavy (non-hydrogen) atoms. The molecular formula is C10H12ClI. The van der Waals surface area contributed by atoms with Gasteiger partial charge in [0.1, 0.15) is 0 Å². The van der Waals surface area contributed by atoms with Gasteiger partial charge in [-0.15, -0.1) is 11.6 Å². The highest BCUT2D eigenvalue weighted by molar-refractivity contribution is 14.1. The van der Waals surface area contributed by atoms with E-state index in [1.807, 2.05) is 0 Å². The van der Waals surface area contributed by atoms with Crippen molar-refractivity contribution in [2.24, 2.45) is 0 Å². The third-order valence-corrected chi connectivity index (χ3v) is 3.40. The molecule has 0 aromatic heterocycles. The molecule has 0 aliphatic rings. The Balaban J connectivity index is 2.78. The van der Waals surface area contributed by atoms with Gasteiger partial charge in [0.05, 0.1) is 0 Å². The van der Waals surface area contributed by atoms with Gasteiger partial charge < -0.3 is 0 Å². The molecule has 0 aliphatic heterocycles. The van der Waals surface area contributed by atoms with E-state index in [2.05, 4.69) is 47.7 Å². The Labute approximate surface area is 92.5 Å². The van der Waals surface area contributed by atoms with E-state index in [1.165, 1.54) is 14.7 Å². The lowest BCUT2D eigenvalue weighted by Gasteiger charge is -2.05. The van der Waals surface area contributed by atoms with Crippen LogP contribution in [0.3, 0.4) is 0 Å². The Morgan fingerprint density at radius 1 is 1.42 bits per heavy atom. The molecule has 1 rings (SSSR count). The summed E-state index contributed by atoms with van der Waals surface area (Å²) in [6.45, 7) is 2.17. The molecule has 66 valence electrons. The van der Waals surface area contributed by atoms with Crippen molar-refractivity contribution in [3.05, 3.63) is 32.9 Å². The van der Waals surface area contributed by atoms with Crippen molar-refractivity contribution in [3.63, 3.8) is 0 Å². The maximum atomic E-state index is 5.64. The molecule has 0 heterocycles. The molecule has 0 aliphatic carbocycles. The van der Waals surface area contributed by atoms with Crippen molar-refractivity contribution in [3.8, 4) is 0 Å². The van der Waals surface area contributed by atoms with Gasteiger partial charge in [-0.1, -0.05) is 12.1 Å². The van der Waals surface area contributed by atoms with Gasteiger partial charge in [0.15, 0.2) is 0 Å². The van der Waals surface area contributed by atoms with Crippen molar-refractivity contribution in [2.75, 3.05) is 5.88 Å². The van der Waals surface area contributed by atoms with E-state index in [-0.39, 0.29) is 0 Å². The van der Waals surface area contributed by atoms with Crippen molar-refractivity contribution in [1.82, 2.24) is 0 Å². The third-order valence-electron chi connectivity index (χ3n) is 1.96. The molecule has 2 heteroatoms. The topological polar surface area (TPSA) is 0 Å². The van der Waals surface area contributed by atoms with Gasteiger partial charge in [-0.05, 0) is 59.5 Å². The van der Waals surface area contributed by atoms with Crippen LogP contribution in [0.25, 0.3) is 0 Å². The minimum atomic E-state index is 0.755. The van der Waals surface area contributed by atoms with Crippen LogP contribution in [-0.2, 0) is 6.42 Å². The van der Waals surface area contributed by atoms with Gasteiger partial charge in [-0.3, -0.25) is 0 Å². The maximum absolute atomic E-state index is 5.64. The van der Waals surface area contributed by atoms with Crippen molar-refractivity contribution < 1.29 is 0 Å². The summed E-state index contributed by atoms with van der Waals surface area (Å²) in [5.41, 5.74) is 2.84. The molecular weight excluding hydrogens is 282 g/mol. The predicted octanol–water partition coefficient (Wildman–Crippen LogP) is 3.77. The Kier molecular flexibility index (Phi) is 4.36. The van der Waals surface area contributed by atoms with Crippen LogP contribution >= 0.6 is 34.2 Å². The lowest BCUT2D eigenvalue weighted by molar-refractivity contribution is 0.918. The second-order valence-corrected chi connectivity index (χ2v) is 4.36. The molecule has 0 radical (unpaired) electrons. The summed E-state index contributed by atoms with van der Waals surface area (Å²) in [4.78, 5) is 0. The second-order valence-electron chi connectivity index (χ2n) is 2.82. The number of benzene rings is 1. The maximum Gasteiger partial charge on any atom is 0.0226 e. The molecule has 0 unspecified atom stereocenters. The fraction of sp³-hybridized carbons (Fsp3) is 0.400. The quantitative estimate of drug-likeness (QED) is 0.588. The number of hydrogen-bond donors (Lipinski definition) is 0. The summed E-state index contributed by atoms with van der Waals surface area (Å²) in [5.74, 6) is 0.755. The average Bonchev–Trinajstić information content (AvgIpc) is 2.08. The van der Waals surface area contributed by atoms with E-state index in [0.29, 0.717) is 0 Å². The summed E-state index contributed by atoms with van der Waals surface area (Å²) in [6, 6.07) is 6.43. The van der Waals surface area contributed by atoms with E-state index in [1.54, 1.807) is 0 Å². The van der Waals surface area contributed by atoms with Gasteiger partial charge in [0, 0.05) is 9.45 Å². The SMILES string of the molecule is Cc1c(I)cccc1CCCCl. The molecule has 0 bridgehead atoms. The number of aryl methyl sites for hydroxylation is 1. The average molecular weight is 295 g/mol. The van der Waals surface area contributed by atoms with E-state index in [4.69, 9.17) is 11.6 Å². The Morgan fingerprint density at radius 2 is 2.17 bits per heavy atom. The first-order valence-electron chi connectivity index (χ1n) is 4.05. The normalized spacial score (nSPS) is 10.2. The van der Waals surface area contributed by atoms with Crippen molar-refractivity contribution in [1.29, 1.82) is 0 Å². The molecule has 0 saturated heterocycles. The molecule has 0 fully saturated rings. The second kappa shape index (κ2) is 5.07. The molecule has 1 aromatic rings. The standard InChI is InChI=1S/C10H12ClI/c1-8-9(5-3-7-11)4-2-6-10(8)12/h2,4,6H,3,5,7H2,1H3. The van der Waals surface area contributed by atoms with Crippen LogP contribution in [-0.4, -0.2) is 5.88 Å². The van der Waals surface area contributed by atoms with Gasteiger partial charge in [0.25, 0.3) is 0 Å². The van der Waals surface area contributed by atoms with Crippen LogP contribution in [0, 0.1) is 10.5 Å². The van der Waals surface area contributed by atoms with Crippen LogP contribution in [0.4, 0.5) is 0 Å². The van der Waals surface area contributed by atoms with Crippen LogP contribution in [0.2, 0.25) is 0 Å². The first-order valence-corrected chi connectivity index (χ1v) is 5.67. The van der Waals surface area contributed by atoms with E-state index in [9.17, 15) is 0 Å². The van der Waals surface area contributed by atoms with Crippen molar-refractivity contribution >= 4 is 34.2 Å². The minimum Gasteiger partial charge on any atom is -0.127 e. The van der Waals surface area contributed by atoms with Gasteiger partial charge in [-0.25, -0.2) is 0 Å². The molecule has 0 atom stereocenters. The lowest BCUT2D eigenvalue weighted by Crippen LogP contribution is -1.92. The monoisotopic (exact) mass is 294 g/mol. The summed E-state index contributed by atoms with van der Waals surface area (Å²) in [5, 5.41) is 0. The Hall–Kier alpha value is 0.240. The molecule has 0 amide bonds. The highest BCUT2D eigenvalue weighted by atomic mass is 127. The Bertz CT molecular complexity index is 258. The number of alkyl halides is 1. The van der Waals surface area contributed by atoms with Gasteiger partial charge in [0.2, 0.25) is 0 Å². The molecule has 0 nitrogen and oxygen atoms in total. The minimum absolute atomic E-state index is 0.755. The number of hydrogen-bond acceptors (Lipinski definition) is 0. The lowest BCUT2D eigenvalue weighted by atomic mass is 10.1.